The van der Waals surface area contributed by atoms with Crippen LogP contribution < -0.4 is 5.32 Å². The Morgan fingerprint density at radius 2 is 2.35 bits per heavy atom. The summed E-state index contributed by atoms with van der Waals surface area (Å²) in [5, 5.41) is 11.1. The van der Waals surface area contributed by atoms with E-state index in [2.05, 4.69) is 5.32 Å². The number of carbonyl (C=O) groups excluding carboxylic acids is 1. The maximum atomic E-state index is 11.7. The highest BCUT2D eigenvalue weighted by Gasteiger charge is 2.20. The minimum absolute atomic E-state index is 0.340. The monoisotopic (exact) mass is 242 g/mol. The van der Waals surface area contributed by atoms with Gasteiger partial charge in [-0.25, -0.2) is 4.79 Å². The van der Waals surface area contributed by atoms with Gasteiger partial charge in [-0.1, -0.05) is 6.08 Å². The number of carbonyl (C=O) groups is 2. The average molecular weight is 242 g/mol. The van der Waals surface area contributed by atoms with Gasteiger partial charge in [0.2, 0.25) is 0 Å². The van der Waals surface area contributed by atoms with E-state index in [1.807, 2.05) is 6.08 Å². The van der Waals surface area contributed by atoms with Gasteiger partial charge in [-0.05, 0) is 18.9 Å². The molecule has 6 nitrogen and oxygen atoms in total. The average Bonchev–Trinajstić information content (AvgIpc) is 2.30. The number of hydrogen-bond acceptors (Lipinski definition) is 3. The van der Waals surface area contributed by atoms with Gasteiger partial charge in [0.25, 0.3) is 0 Å². The molecule has 0 aromatic carbocycles. The van der Waals surface area contributed by atoms with Crippen molar-refractivity contribution in [3.8, 4) is 0 Å². The number of nitrogens with zero attached hydrogens (tertiary/aromatic N) is 1. The molecule has 1 aliphatic rings. The quantitative estimate of drug-likeness (QED) is 0.701. The third-order valence-electron chi connectivity index (χ3n) is 2.63. The summed E-state index contributed by atoms with van der Waals surface area (Å²) in [5.41, 5.74) is 1.17. The lowest BCUT2D eigenvalue weighted by Crippen LogP contribution is -2.48. The molecule has 0 bridgehead atoms. The number of amides is 2. The molecular formula is C11H18N2O4. The molecule has 1 atom stereocenters. The summed E-state index contributed by atoms with van der Waals surface area (Å²) in [7, 11) is 1.63. The molecule has 0 radical (unpaired) electrons. The molecular weight excluding hydrogens is 224 g/mol. The second kappa shape index (κ2) is 6.24. The number of methoxy groups -OCH3 is 1. The lowest BCUT2D eigenvalue weighted by atomic mass is 10.1. The lowest BCUT2D eigenvalue weighted by Gasteiger charge is -2.27. The van der Waals surface area contributed by atoms with Crippen molar-refractivity contribution in [1.29, 1.82) is 0 Å². The van der Waals surface area contributed by atoms with E-state index in [4.69, 9.17) is 9.84 Å². The third-order valence-corrected chi connectivity index (χ3v) is 2.63. The van der Waals surface area contributed by atoms with Crippen molar-refractivity contribution < 1.29 is 19.4 Å². The predicted octanol–water partition coefficient (Wildman–Crippen LogP) is 0.448. The van der Waals surface area contributed by atoms with Gasteiger partial charge in [-0.2, -0.15) is 0 Å². The fraction of sp³-hybridized carbons (Fsp3) is 0.636. The molecule has 1 heterocycles. The van der Waals surface area contributed by atoms with Gasteiger partial charge < -0.3 is 20.1 Å². The van der Waals surface area contributed by atoms with Gasteiger partial charge in [0.1, 0.15) is 6.04 Å². The highest BCUT2D eigenvalue weighted by molar-refractivity contribution is 5.82. The summed E-state index contributed by atoms with van der Waals surface area (Å²) in [5.74, 6) is -1.04. The van der Waals surface area contributed by atoms with E-state index < -0.39 is 12.0 Å². The van der Waals surface area contributed by atoms with Crippen LogP contribution >= 0.6 is 0 Å². The minimum atomic E-state index is -1.04. The standard InChI is InChI=1S/C11H18N2O4/c1-8(10(14)15)12-11(16)13-5-3-9(4-6-13)7-17-2/h3,8H,4-7H2,1-2H3,(H,12,16)(H,14,15)/t8-/m0/s1. The van der Waals surface area contributed by atoms with E-state index in [-0.39, 0.29) is 6.03 Å². The topological polar surface area (TPSA) is 78.9 Å². The Labute approximate surface area is 100 Å². The zero-order valence-electron chi connectivity index (χ0n) is 10.1. The molecule has 0 saturated heterocycles. The zero-order chi connectivity index (χ0) is 12.8. The Bertz CT molecular complexity index is 327. The number of hydrogen-bond donors (Lipinski definition) is 2. The van der Waals surface area contributed by atoms with Gasteiger partial charge in [0.05, 0.1) is 6.61 Å². The molecule has 17 heavy (non-hydrogen) atoms. The summed E-state index contributed by atoms with van der Waals surface area (Å²) in [6, 6.07) is -1.21. The molecule has 96 valence electrons. The van der Waals surface area contributed by atoms with Gasteiger partial charge in [-0.15, -0.1) is 0 Å². The number of nitrogens with one attached hydrogen (secondary N) is 1. The number of urea groups is 1. The number of carboxylic acid groups (broad SMARTS) is 1. The Kier molecular flexibility index (Phi) is 4.96. The smallest absolute Gasteiger partial charge is 0.325 e. The highest BCUT2D eigenvalue weighted by atomic mass is 16.5. The Hall–Kier alpha value is -1.56. The van der Waals surface area contributed by atoms with Crippen LogP contribution in [0.4, 0.5) is 4.79 Å². The normalized spacial score (nSPS) is 17.3. The molecule has 0 saturated carbocycles. The fourth-order valence-electron chi connectivity index (χ4n) is 1.55. The molecule has 6 heteroatoms. The molecule has 0 aromatic rings. The first kappa shape index (κ1) is 13.5. The summed E-state index contributed by atoms with van der Waals surface area (Å²) < 4.78 is 5.01. The number of ether oxygens (including phenoxy) is 1. The van der Waals surface area contributed by atoms with Crippen molar-refractivity contribution in [3.63, 3.8) is 0 Å². The third kappa shape index (κ3) is 4.07. The van der Waals surface area contributed by atoms with Crippen molar-refractivity contribution in [2.45, 2.75) is 19.4 Å². The predicted molar refractivity (Wildman–Crippen MR) is 61.8 cm³/mol. The Morgan fingerprint density at radius 3 is 2.82 bits per heavy atom. The maximum absolute atomic E-state index is 11.7. The van der Waals surface area contributed by atoms with E-state index in [1.165, 1.54) is 12.5 Å². The van der Waals surface area contributed by atoms with Gasteiger partial charge in [0.15, 0.2) is 0 Å². The molecule has 1 rings (SSSR count). The molecule has 2 amide bonds. The first-order valence-electron chi connectivity index (χ1n) is 5.49. The number of carboxylic acids is 1. The molecule has 0 aromatic heterocycles. The molecule has 2 N–H and O–H groups in total. The largest absolute Gasteiger partial charge is 0.480 e. The van der Waals surface area contributed by atoms with Crippen molar-refractivity contribution in [1.82, 2.24) is 10.2 Å². The van der Waals surface area contributed by atoms with E-state index in [1.54, 1.807) is 12.0 Å². The minimum Gasteiger partial charge on any atom is -0.480 e. The molecule has 0 unspecified atom stereocenters. The van der Waals surface area contributed by atoms with Crippen LogP contribution in [0.15, 0.2) is 11.6 Å². The summed E-state index contributed by atoms with van der Waals surface area (Å²) in [4.78, 5) is 23.8. The van der Waals surface area contributed by atoms with Crippen molar-refractivity contribution >= 4 is 12.0 Å². The molecule has 1 aliphatic heterocycles. The van der Waals surface area contributed by atoms with Crippen LogP contribution in [0, 0.1) is 0 Å². The van der Waals surface area contributed by atoms with Gasteiger partial charge in [-0.3, -0.25) is 4.79 Å². The van der Waals surface area contributed by atoms with Crippen LogP contribution in [0.3, 0.4) is 0 Å². The summed E-state index contributed by atoms with van der Waals surface area (Å²) in [6.07, 6.45) is 2.71. The highest BCUT2D eigenvalue weighted by Crippen LogP contribution is 2.10. The summed E-state index contributed by atoms with van der Waals surface area (Å²) >= 11 is 0. The van der Waals surface area contributed by atoms with E-state index in [0.29, 0.717) is 19.7 Å². The zero-order valence-corrected chi connectivity index (χ0v) is 10.1. The van der Waals surface area contributed by atoms with Crippen LogP contribution in [0.5, 0.6) is 0 Å². The van der Waals surface area contributed by atoms with Crippen molar-refractivity contribution in [3.05, 3.63) is 11.6 Å². The Morgan fingerprint density at radius 1 is 1.65 bits per heavy atom. The van der Waals surface area contributed by atoms with Crippen LogP contribution in [0.25, 0.3) is 0 Å². The van der Waals surface area contributed by atoms with Crippen LogP contribution in [-0.2, 0) is 9.53 Å². The number of rotatable bonds is 4. The summed E-state index contributed by atoms with van der Waals surface area (Å²) in [6.45, 7) is 3.11. The van der Waals surface area contributed by atoms with E-state index in [9.17, 15) is 9.59 Å². The fourth-order valence-corrected chi connectivity index (χ4v) is 1.55. The molecule has 0 fully saturated rings. The van der Waals surface area contributed by atoms with Crippen molar-refractivity contribution in [2.24, 2.45) is 0 Å². The molecule has 0 aliphatic carbocycles. The molecule has 0 spiro atoms. The Balaban J connectivity index is 2.43. The second-order valence-corrected chi connectivity index (χ2v) is 4.00. The first-order valence-corrected chi connectivity index (χ1v) is 5.49. The lowest BCUT2D eigenvalue weighted by molar-refractivity contribution is -0.138. The van der Waals surface area contributed by atoms with E-state index in [0.717, 1.165) is 6.42 Å². The van der Waals surface area contributed by atoms with Gasteiger partial charge in [0, 0.05) is 20.2 Å². The van der Waals surface area contributed by atoms with Crippen molar-refractivity contribution in [2.75, 3.05) is 26.8 Å². The first-order chi connectivity index (χ1) is 8.04. The van der Waals surface area contributed by atoms with Gasteiger partial charge >= 0.3 is 12.0 Å². The van der Waals surface area contributed by atoms with Crippen LogP contribution in [0.2, 0.25) is 0 Å². The van der Waals surface area contributed by atoms with Crippen LogP contribution in [-0.4, -0.2) is 54.9 Å². The van der Waals surface area contributed by atoms with E-state index >= 15 is 0 Å². The van der Waals surface area contributed by atoms with Crippen LogP contribution in [0.1, 0.15) is 13.3 Å². The second-order valence-electron chi connectivity index (χ2n) is 4.00. The SMILES string of the molecule is COCC1=CCN(C(=O)N[C@@H](C)C(=O)O)CC1. The maximum Gasteiger partial charge on any atom is 0.325 e. The number of aliphatic carboxylic acids is 1.